The van der Waals surface area contributed by atoms with Crippen LogP contribution in [0.3, 0.4) is 0 Å². The number of aromatic amines is 1. The summed E-state index contributed by atoms with van der Waals surface area (Å²) in [6, 6.07) is 1.37. The maximum absolute atomic E-state index is 14.8. The summed E-state index contributed by atoms with van der Waals surface area (Å²) in [7, 11) is 0. The zero-order chi connectivity index (χ0) is 19.3. The van der Waals surface area contributed by atoms with E-state index < -0.39 is 24.9 Å². The smallest absolute Gasteiger partial charge is 0.319 e. The van der Waals surface area contributed by atoms with Gasteiger partial charge in [0.1, 0.15) is 6.61 Å². The van der Waals surface area contributed by atoms with E-state index in [0.717, 1.165) is 0 Å². The predicted molar refractivity (Wildman–Crippen MR) is 91.9 cm³/mol. The lowest BCUT2D eigenvalue weighted by Crippen LogP contribution is -2.38. The first-order valence-corrected chi connectivity index (χ1v) is 8.51. The van der Waals surface area contributed by atoms with Gasteiger partial charge in [0, 0.05) is 47.9 Å². The molecule has 10 heteroatoms. The van der Waals surface area contributed by atoms with E-state index >= 15 is 0 Å². The van der Waals surface area contributed by atoms with Gasteiger partial charge in [-0.2, -0.15) is 13.9 Å². The molecule has 142 valence electrons. The molecule has 1 aliphatic rings. The Morgan fingerprint density at radius 2 is 2.22 bits per heavy atom. The van der Waals surface area contributed by atoms with Crippen molar-refractivity contribution in [3.63, 3.8) is 0 Å². The number of carbonyl (C=O) groups is 1. The molecular formula is C17H14ClF3N4O2. The number of halogens is 4. The second-order valence-corrected chi connectivity index (χ2v) is 6.63. The minimum Gasteiger partial charge on any atom is -0.387 e. The molecule has 27 heavy (non-hydrogen) atoms. The fourth-order valence-electron chi connectivity index (χ4n) is 3.68. The molecule has 0 fully saturated rings. The largest absolute Gasteiger partial charge is 0.387 e. The molecule has 1 aliphatic heterocycles. The number of amides is 1. The predicted octanol–water partition coefficient (Wildman–Crippen LogP) is 3.10. The maximum atomic E-state index is 14.8. The number of benzene rings is 1. The normalized spacial score (nSPS) is 14.2. The third-order valence-electron chi connectivity index (χ3n) is 4.84. The summed E-state index contributed by atoms with van der Waals surface area (Å²) in [5, 5.41) is 15.6. The lowest BCUT2D eigenvalue weighted by molar-refractivity contribution is -0.135. The summed E-state index contributed by atoms with van der Waals surface area (Å²) in [6.07, 6.45) is 3.14. The van der Waals surface area contributed by atoms with E-state index in [-0.39, 0.29) is 41.1 Å². The van der Waals surface area contributed by atoms with Gasteiger partial charge in [-0.15, -0.1) is 0 Å². The number of hydrogen-bond acceptors (Lipinski definition) is 3. The monoisotopic (exact) mass is 398 g/mol. The first kappa shape index (κ1) is 17.9. The molecule has 6 nitrogen and oxygen atoms in total. The van der Waals surface area contributed by atoms with Gasteiger partial charge in [-0.25, -0.2) is 4.39 Å². The van der Waals surface area contributed by atoms with Crippen LogP contribution in [-0.2, 0) is 17.8 Å². The quantitative estimate of drug-likeness (QED) is 0.712. The van der Waals surface area contributed by atoms with Gasteiger partial charge in [-0.3, -0.25) is 14.5 Å². The Kier molecular flexibility index (Phi) is 4.35. The average molecular weight is 399 g/mol. The zero-order valence-corrected chi connectivity index (χ0v) is 14.6. The zero-order valence-electron chi connectivity index (χ0n) is 13.8. The lowest BCUT2D eigenvalue weighted by Gasteiger charge is -2.27. The fraction of sp³-hybridized carbons (Fsp3) is 0.294. The topological polar surface area (TPSA) is 74.2 Å². The van der Waals surface area contributed by atoms with Crippen LogP contribution in [0.2, 0.25) is 5.02 Å². The van der Waals surface area contributed by atoms with Gasteiger partial charge in [0.05, 0.1) is 16.7 Å². The molecule has 0 saturated heterocycles. The highest BCUT2D eigenvalue weighted by Gasteiger charge is 2.32. The minimum atomic E-state index is -2.97. The van der Waals surface area contributed by atoms with Crippen molar-refractivity contribution in [3.05, 3.63) is 40.6 Å². The Bertz CT molecular complexity index is 1030. The van der Waals surface area contributed by atoms with Crippen LogP contribution >= 0.6 is 11.6 Å². The molecule has 4 rings (SSSR count). The molecule has 1 amide bonds. The van der Waals surface area contributed by atoms with Crippen molar-refractivity contribution < 1.29 is 23.1 Å². The van der Waals surface area contributed by atoms with Crippen molar-refractivity contribution in [1.82, 2.24) is 19.7 Å². The molecule has 0 saturated carbocycles. The van der Waals surface area contributed by atoms with Crippen molar-refractivity contribution in [2.75, 3.05) is 13.2 Å². The second kappa shape index (κ2) is 6.58. The highest BCUT2D eigenvalue weighted by atomic mass is 35.5. The summed E-state index contributed by atoms with van der Waals surface area (Å²) in [6.45, 7) is -3.50. The summed E-state index contributed by atoms with van der Waals surface area (Å²) in [5.41, 5.74) is 1.39. The number of hydrogen-bond donors (Lipinski definition) is 2. The molecule has 3 aromatic rings. The Labute approximate surface area is 156 Å². The highest BCUT2D eigenvalue weighted by molar-refractivity contribution is 6.32. The molecule has 0 spiro atoms. The molecule has 0 unspecified atom stereocenters. The molecule has 2 aromatic heterocycles. The number of carbonyl (C=O) groups excluding carboxylic acids is 1. The first-order chi connectivity index (χ1) is 12.9. The van der Waals surface area contributed by atoms with E-state index in [2.05, 4.69) is 10.2 Å². The Balaban J connectivity index is 2.07. The summed E-state index contributed by atoms with van der Waals surface area (Å²) in [4.78, 5) is 13.3. The van der Waals surface area contributed by atoms with Crippen molar-refractivity contribution in [2.24, 2.45) is 0 Å². The van der Waals surface area contributed by atoms with E-state index in [9.17, 15) is 18.0 Å². The molecule has 0 aliphatic carbocycles. The summed E-state index contributed by atoms with van der Waals surface area (Å²) < 4.78 is 43.1. The van der Waals surface area contributed by atoms with Gasteiger partial charge in [0.15, 0.2) is 5.82 Å². The number of aliphatic hydroxyl groups is 1. The summed E-state index contributed by atoms with van der Waals surface area (Å²) >= 11 is 5.99. The third kappa shape index (κ3) is 2.69. The van der Waals surface area contributed by atoms with Gasteiger partial charge in [-0.05, 0) is 11.6 Å². The maximum Gasteiger partial charge on any atom is 0.319 e. The van der Waals surface area contributed by atoms with Gasteiger partial charge in [0.25, 0.3) is 0 Å². The molecule has 1 aromatic carbocycles. The van der Waals surface area contributed by atoms with E-state index in [1.165, 1.54) is 17.2 Å². The molecule has 0 bridgehead atoms. The number of nitrogens with zero attached hydrogens (tertiary/aromatic N) is 3. The van der Waals surface area contributed by atoms with Crippen LogP contribution in [0.4, 0.5) is 13.2 Å². The standard InChI is InChI=1S/C17H14ClF3N4O2/c18-11-3-9(8-4-22-23-5-8)14-10-6-24(13(27)7-26)2-1-12(10)25(17(20)21)16(14)15(11)19/h3-5,17,26H,1-2,6-7H2,(H,22,23). The number of alkyl halides is 2. The average Bonchev–Trinajstić information content (AvgIpc) is 3.29. The van der Waals surface area contributed by atoms with Crippen LogP contribution in [0, 0.1) is 5.82 Å². The SMILES string of the molecule is O=C(CO)N1CCc2c(c3c(-c4cn[nH]c4)cc(Cl)c(F)c3n2C(F)F)C1. The lowest BCUT2D eigenvalue weighted by atomic mass is 9.97. The van der Waals surface area contributed by atoms with Crippen LogP contribution in [0.15, 0.2) is 18.5 Å². The number of rotatable bonds is 3. The number of H-pyrrole nitrogens is 1. The van der Waals surface area contributed by atoms with Crippen molar-refractivity contribution >= 4 is 28.4 Å². The van der Waals surface area contributed by atoms with Crippen LogP contribution < -0.4 is 0 Å². The number of aliphatic hydroxyl groups excluding tert-OH is 1. The van der Waals surface area contributed by atoms with Gasteiger partial charge in [0.2, 0.25) is 5.91 Å². The second-order valence-electron chi connectivity index (χ2n) is 6.23. The summed E-state index contributed by atoms with van der Waals surface area (Å²) in [5.74, 6) is -1.45. The fourth-order valence-corrected chi connectivity index (χ4v) is 3.87. The van der Waals surface area contributed by atoms with E-state index in [0.29, 0.717) is 21.3 Å². The molecule has 2 N–H and O–H groups in total. The molecule has 3 heterocycles. The minimum absolute atomic E-state index is 0.00310. The number of nitrogens with one attached hydrogen (secondary N) is 1. The van der Waals surface area contributed by atoms with Crippen LogP contribution in [-0.4, -0.2) is 43.8 Å². The molecular weight excluding hydrogens is 385 g/mol. The van der Waals surface area contributed by atoms with Crippen LogP contribution in [0.5, 0.6) is 0 Å². The molecule has 0 radical (unpaired) electrons. The van der Waals surface area contributed by atoms with Crippen LogP contribution in [0.1, 0.15) is 17.8 Å². The van der Waals surface area contributed by atoms with Gasteiger partial charge < -0.3 is 10.0 Å². The van der Waals surface area contributed by atoms with Crippen molar-refractivity contribution in [3.8, 4) is 11.1 Å². The third-order valence-corrected chi connectivity index (χ3v) is 5.11. The number of aromatic nitrogens is 3. The van der Waals surface area contributed by atoms with Crippen LogP contribution in [0.25, 0.3) is 22.0 Å². The number of fused-ring (bicyclic) bond motifs is 3. The first-order valence-electron chi connectivity index (χ1n) is 8.13. The van der Waals surface area contributed by atoms with Crippen molar-refractivity contribution in [1.29, 1.82) is 0 Å². The van der Waals surface area contributed by atoms with Gasteiger partial charge in [-0.1, -0.05) is 11.6 Å². The van der Waals surface area contributed by atoms with E-state index in [1.54, 1.807) is 6.20 Å². The highest BCUT2D eigenvalue weighted by Crippen LogP contribution is 2.43. The van der Waals surface area contributed by atoms with Crippen molar-refractivity contribution in [2.45, 2.75) is 19.5 Å². The van der Waals surface area contributed by atoms with Gasteiger partial charge >= 0.3 is 6.55 Å². The van der Waals surface area contributed by atoms with E-state index in [1.807, 2.05) is 0 Å². The molecule has 0 atom stereocenters. The Hall–Kier alpha value is -2.52. The Morgan fingerprint density at radius 3 is 2.85 bits per heavy atom. The van der Waals surface area contributed by atoms with E-state index in [4.69, 9.17) is 16.7 Å². The Morgan fingerprint density at radius 1 is 1.44 bits per heavy atom.